The van der Waals surface area contributed by atoms with E-state index in [1.807, 2.05) is 12.1 Å². The molecule has 1 unspecified atom stereocenters. The summed E-state index contributed by atoms with van der Waals surface area (Å²) >= 11 is 0. The zero-order valence-electron chi connectivity index (χ0n) is 15.0. The van der Waals surface area contributed by atoms with E-state index in [-0.39, 0.29) is 6.04 Å². The fourth-order valence-electron chi connectivity index (χ4n) is 3.81. The van der Waals surface area contributed by atoms with E-state index in [9.17, 15) is 9.90 Å². The van der Waals surface area contributed by atoms with Crippen molar-refractivity contribution in [2.45, 2.75) is 18.5 Å². The van der Waals surface area contributed by atoms with E-state index in [1.54, 1.807) is 0 Å². The zero-order chi connectivity index (χ0) is 18.4. The van der Waals surface area contributed by atoms with Gasteiger partial charge in [-0.15, -0.1) is 0 Å². The Morgan fingerprint density at radius 3 is 1.77 bits per heavy atom. The molecule has 0 amide bonds. The average molecular weight is 353 g/mol. The Kier molecular flexibility index (Phi) is 6.39. The smallest absolute Gasteiger partial charge is 0.320 e. The molecular weight excluding hydrogens is 326 g/mol. The lowest BCUT2D eigenvalue weighted by molar-refractivity contribution is -0.144. The summed E-state index contributed by atoms with van der Waals surface area (Å²) in [4.78, 5) is 16.0. The minimum atomic E-state index is -0.772. The van der Waals surface area contributed by atoms with Crippen LogP contribution in [0.2, 0.25) is 0 Å². The summed E-state index contributed by atoms with van der Waals surface area (Å²) in [6.07, 6.45) is 0.496. The predicted octanol–water partition coefficient (Wildman–Crippen LogP) is 2.20. The van der Waals surface area contributed by atoms with Gasteiger partial charge in [0.05, 0.1) is 6.04 Å². The number of rotatable bonds is 7. The van der Waals surface area contributed by atoms with Gasteiger partial charge in [-0.3, -0.25) is 14.6 Å². The maximum absolute atomic E-state index is 11.5. The fraction of sp³-hybridized carbons (Fsp3) is 0.381. The lowest BCUT2D eigenvalue weighted by Crippen LogP contribution is -2.53. The molecule has 3 N–H and O–H groups in total. The molecule has 0 saturated carbocycles. The molecule has 1 aliphatic rings. The van der Waals surface area contributed by atoms with Gasteiger partial charge in [0, 0.05) is 26.2 Å². The second kappa shape index (κ2) is 8.94. The van der Waals surface area contributed by atoms with Crippen molar-refractivity contribution in [1.29, 1.82) is 0 Å². The van der Waals surface area contributed by atoms with Gasteiger partial charge >= 0.3 is 5.97 Å². The minimum absolute atomic E-state index is 0.192. The molecule has 2 aromatic carbocycles. The van der Waals surface area contributed by atoms with Crippen molar-refractivity contribution in [1.82, 2.24) is 9.80 Å². The Morgan fingerprint density at radius 2 is 1.35 bits per heavy atom. The van der Waals surface area contributed by atoms with E-state index in [0.717, 1.165) is 26.2 Å². The highest BCUT2D eigenvalue weighted by Gasteiger charge is 2.31. The van der Waals surface area contributed by atoms with E-state index >= 15 is 0 Å². The van der Waals surface area contributed by atoms with E-state index in [4.69, 9.17) is 5.73 Å². The first kappa shape index (κ1) is 18.6. The molecule has 5 heteroatoms. The summed E-state index contributed by atoms with van der Waals surface area (Å²) < 4.78 is 0. The van der Waals surface area contributed by atoms with Crippen LogP contribution in [0.4, 0.5) is 0 Å². The summed E-state index contributed by atoms with van der Waals surface area (Å²) in [5, 5.41) is 9.48. The number of hydrogen-bond acceptors (Lipinski definition) is 4. The van der Waals surface area contributed by atoms with Gasteiger partial charge in [0.2, 0.25) is 0 Å². The highest BCUT2D eigenvalue weighted by atomic mass is 16.4. The third-order valence-electron chi connectivity index (χ3n) is 5.11. The van der Waals surface area contributed by atoms with Crippen molar-refractivity contribution in [3.8, 4) is 0 Å². The van der Waals surface area contributed by atoms with Gasteiger partial charge in [-0.2, -0.15) is 0 Å². The number of benzene rings is 2. The average Bonchev–Trinajstić information content (AvgIpc) is 2.68. The number of hydrogen-bond donors (Lipinski definition) is 2. The highest BCUT2D eigenvalue weighted by molar-refractivity contribution is 5.73. The Bertz CT molecular complexity index is 645. The molecule has 1 fully saturated rings. The molecule has 2 aromatic rings. The van der Waals surface area contributed by atoms with Crippen molar-refractivity contribution < 1.29 is 9.90 Å². The number of carboxylic acids is 1. The van der Waals surface area contributed by atoms with Crippen LogP contribution >= 0.6 is 0 Å². The molecule has 1 heterocycles. The Labute approximate surface area is 155 Å². The SMILES string of the molecule is NCCC(C(=O)O)N1CCN(C(c2ccccc2)c2ccccc2)CC1. The number of nitrogens with two attached hydrogens (primary N) is 1. The number of piperazine rings is 1. The van der Waals surface area contributed by atoms with Gasteiger partial charge in [-0.05, 0) is 24.1 Å². The van der Waals surface area contributed by atoms with Crippen molar-refractivity contribution >= 4 is 5.97 Å². The third-order valence-corrected chi connectivity index (χ3v) is 5.11. The van der Waals surface area contributed by atoms with Gasteiger partial charge in [-0.25, -0.2) is 0 Å². The second-order valence-electron chi connectivity index (χ2n) is 6.73. The first-order valence-corrected chi connectivity index (χ1v) is 9.21. The molecule has 1 saturated heterocycles. The molecule has 26 heavy (non-hydrogen) atoms. The topological polar surface area (TPSA) is 69.8 Å². The molecule has 0 aliphatic carbocycles. The number of aliphatic carboxylic acids is 1. The zero-order valence-corrected chi connectivity index (χ0v) is 15.0. The van der Waals surface area contributed by atoms with Gasteiger partial charge in [-0.1, -0.05) is 60.7 Å². The summed E-state index contributed by atoms with van der Waals surface area (Å²) in [6.45, 7) is 3.56. The van der Waals surface area contributed by atoms with Crippen LogP contribution in [0.5, 0.6) is 0 Å². The van der Waals surface area contributed by atoms with Crippen molar-refractivity contribution in [3.63, 3.8) is 0 Å². The largest absolute Gasteiger partial charge is 0.480 e. The first-order valence-electron chi connectivity index (χ1n) is 9.21. The highest BCUT2D eigenvalue weighted by Crippen LogP contribution is 2.29. The van der Waals surface area contributed by atoms with Gasteiger partial charge in [0.25, 0.3) is 0 Å². The maximum Gasteiger partial charge on any atom is 0.320 e. The molecule has 1 atom stereocenters. The lowest BCUT2D eigenvalue weighted by Gasteiger charge is -2.41. The summed E-state index contributed by atoms with van der Waals surface area (Å²) in [5.74, 6) is -0.772. The minimum Gasteiger partial charge on any atom is -0.480 e. The molecule has 1 aliphatic heterocycles. The second-order valence-corrected chi connectivity index (χ2v) is 6.73. The van der Waals surface area contributed by atoms with Crippen LogP contribution in [0.3, 0.4) is 0 Å². The molecule has 0 aromatic heterocycles. The Balaban J connectivity index is 1.77. The standard InChI is InChI=1S/C21H27N3O2/c22-12-11-19(21(25)26)23-13-15-24(16-14-23)20(17-7-3-1-4-8-17)18-9-5-2-6-10-18/h1-10,19-20H,11-16,22H2,(H,25,26). The van der Waals surface area contributed by atoms with Crippen LogP contribution in [0.25, 0.3) is 0 Å². The first-order chi connectivity index (χ1) is 12.7. The van der Waals surface area contributed by atoms with E-state index < -0.39 is 12.0 Å². The van der Waals surface area contributed by atoms with Crippen LogP contribution in [-0.2, 0) is 4.79 Å². The van der Waals surface area contributed by atoms with Crippen LogP contribution in [0.1, 0.15) is 23.6 Å². The molecular formula is C21H27N3O2. The van der Waals surface area contributed by atoms with E-state index in [0.29, 0.717) is 13.0 Å². The summed E-state index contributed by atoms with van der Waals surface area (Å²) in [7, 11) is 0. The van der Waals surface area contributed by atoms with Gasteiger partial charge in [0.1, 0.15) is 6.04 Å². The maximum atomic E-state index is 11.5. The van der Waals surface area contributed by atoms with Crippen molar-refractivity contribution in [3.05, 3.63) is 71.8 Å². The number of carboxylic acid groups (broad SMARTS) is 1. The van der Waals surface area contributed by atoms with Crippen LogP contribution in [0, 0.1) is 0 Å². The number of carbonyl (C=O) groups is 1. The van der Waals surface area contributed by atoms with Crippen molar-refractivity contribution in [2.75, 3.05) is 32.7 Å². The summed E-state index contributed by atoms with van der Waals surface area (Å²) in [6, 6.07) is 20.7. The van der Waals surface area contributed by atoms with Crippen molar-refractivity contribution in [2.24, 2.45) is 5.73 Å². The van der Waals surface area contributed by atoms with Crippen LogP contribution in [0.15, 0.2) is 60.7 Å². The molecule has 0 spiro atoms. The van der Waals surface area contributed by atoms with E-state index in [2.05, 4.69) is 58.3 Å². The molecule has 0 radical (unpaired) electrons. The quantitative estimate of drug-likeness (QED) is 0.799. The Hall–Kier alpha value is -2.21. The van der Waals surface area contributed by atoms with Crippen LogP contribution in [-0.4, -0.2) is 59.6 Å². The normalized spacial score (nSPS) is 17.3. The van der Waals surface area contributed by atoms with E-state index in [1.165, 1.54) is 11.1 Å². The molecule has 3 rings (SSSR count). The molecule has 138 valence electrons. The summed E-state index contributed by atoms with van der Waals surface area (Å²) in [5.41, 5.74) is 8.14. The Morgan fingerprint density at radius 1 is 0.885 bits per heavy atom. The van der Waals surface area contributed by atoms with Crippen LogP contribution < -0.4 is 5.73 Å². The number of nitrogens with zero attached hydrogens (tertiary/aromatic N) is 2. The molecule has 5 nitrogen and oxygen atoms in total. The third kappa shape index (κ3) is 4.30. The van der Waals surface area contributed by atoms with Gasteiger partial charge in [0.15, 0.2) is 0 Å². The van der Waals surface area contributed by atoms with Gasteiger partial charge < -0.3 is 10.8 Å². The lowest BCUT2D eigenvalue weighted by atomic mass is 9.96. The monoisotopic (exact) mass is 353 g/mol. The predicted molar refractivity (Wildman–Crippen MR) is 103 cm³/mol. The fourth-order valence-corrected chi connectivity index (χ4v) is 3.81. The molecule has 0 bridgehead atoms.